The van der Waals surface area contributed by atoms with Crippen LogP contribution in [0.3, 0.4) is 0 Å². The molecule has 0 aliphatic rings. The first-order chi connectivity index (χ1) is 9.70. The number of carbonyl (C=O) groups is 1. The maximum atomic E-state index is 12.3. The second kappa shape index (κ2) is 7.04. The number of hydrogen-bond donors (Lipinski definition) is 1. The van der Waals surface area contributed by atoms with Crippen LogP contribution in [-0.4, -0.2) is 27.0 Å². The van der Waals surface area contributed by atoms with Crippen LogP contribution < -0.4 is 4.72 Å². The van der Waals surface area contributed by atoms with E-state index in [4.69, 9.17) is 0 Å². The Morgan fingerprint density at radius 3 is 2.29 bits per heavy atom. The fraction of sp³-hybridized carbons (Fsp3) is 0.533. The minimum atomic E-state index is -3.56. The van der Waals surface area contributed by atoms with E-state index in [2.05, 4.69) is 9.46 Å². The zero-order valence-electron chi connectivity index (χ0n) is 13.0. The molecule has 5 nitrogen and oxygen atoms in total. The van der Waals surface area contributed by atoms with Crippen molar-refractivity contribution in [1.82, 2.24) is 4.72 Å². The number of esters is 1. The van der Waals surface area contributed by atoms with Gasteiger partial charge in [-0.25, -0.2) is 13.1 Å². The first-order valence-corrected chi connectivity index (χ1v) is 8.38. The number of hydrogen-bond acceptors (Lipinski definition) is 4. The first-order valence-electron chi connectivity index (χ1n) is 6.90. The predicted octanol–water partition coefficient (Wildman–Crippen LogP) is 2.26. The molecule has 0 spiro atoms. The molecule has 0 aliphatic heterocycles. The van der Waals surface area contributed by atoms with E-state index < -0.39 is 15.6 Å². The zero-order valence-corrected chi connectivity index (χ0v) is 13.8. The molecular weight excluding hydrogens is 290 g/mol. The molecule has 0 saturated heterocycles. The van der Waals surface area contributed by atoms with E-state index in [0.717, 1.165) is 12.8 Å². The van der Waals surface area contributed by atoms with Gasteiger partial charge < -0.3 is 4.74 Å². The second-order valence-corrected chi connectivity index (χ2v) is 7.32. The van der Waals surface area contributed by atoms with Crippen LogP contribution in [0.25, 0.3) is 0 Å². The highest BCUT2D eigenvalue weighted by Gasteiger charge is 2.25. The Morgan fingerprint density at radius 2 is 1.81 bits per heavy atom. The summed E-state index contributed by atoms with van der Waals surface area (Å²) in [6, 6.07) is 6.25. The van der Waals surface area contributed by atoms with E-state index in [-0.39, 0.29) is 17.3 Å². The molecule has 0 heterocycles. The Hall–Kier alpha value is -1.40. The molecule has 0 amide bonds. The number of rotatable bonds is 7. The van der Waals surface area contributed by atoms with Gasteiger partial charge >= 0.3 is 5.97 Å². The number of methoxy groups -OCH3 is 1. The summed E-state index contributed by atoms with van der Waals surface area (Å²) in [6.45, 7) is 5.73. The van der Waals surface area contributed by atoms with Crippen molar-refractivity contribution in [3.05, 3.63) is 29.8 Å². The fourth-order valence-corrected chi connectivity index (χ4v) is 3.57. The molecule has 1 rings (SSSR count). The van der Waals surface area contributed by atoms with Crippen molar-refractivity contribution in [2.45, 2.75) is 50.5 Å². The Kier molecular flexibility index (Phi) is 5.92. The fourth-order valence-electron chi connectivity index (χ4n) is 2.12. The average molecular weight is 313 g/mol. The van der Waals surface area contributed by atoms with Crippen LogP contribution in [0.5, 0.6) is 0 Å². The maximum absolute atomic E-state index is 12.3. The standard InChI is InChI=1S/C15H23NO4S/c1-5-10-15(2,3)16-21(18,19)13-8-6-12(7-9-13)11-14(17)20-4/h6-9,16H,5,10-11H2,1-4H3. The van der Waals surface area contributed by atoms with Crippen molar-refractivity contribution in [1.29, 1.82) is 0 Å². The van der Waals surface area contributed by atoms with Crippen LogP contribution in [0.2, 0.25) is 0 Å². The number of ether oxygens (including phenoxy) is 1. The minimum Gasteiger partial charge on any atom is -0.469 e. The van der Waals surface area contributed by atoms with Crippen molar-refractivity contribution in [2.75, 3.05) is 7.11 Å². The van der Waals surface area contributed by atoms with Crippen LogP contribution in [0, 0.1) is 0 Å². The summed E-state index contributed by atoms with van der Waals surface area (Å²) in [5, 5.41) is 0. The first kappa shape index (κ1) is 17.7. The molecule has 21 heavy (non-hydrogen) atoms. The van der Waals surface area contributed by atoms with E-state index in [1.54, 1.807) is 12.1 Å². The molecule has 0 aromatic heterocycles. The van der Waals surface area contributed by atoms with E-state index in [1.165, 1.54) is 19.2 Å². The molecule has 1 aromatic carbocycles. The lowest BCUT2D eigenvalue weighted by molar-refractivity contribution is -0.139. The Balaban J connectivity index is 2.87. The van der Waals surface area contributed by atoms with Gasteiger partial charge in [0, 0.05) is 5.54 Å². The second-order valence-electron chi connectivity index (χ2n) is 5.64. The molecular formula is C15H23NO4S. The van der Waals surface area contributed by atoms with Gasteiger partial charge in [0.1, 0.15) is 0 Å². The van der Waals surface area contributed by atoms with Gasteiger partial charge in [-0.15, -0.1) is 0 Å². The van der Waals surface area contributed by atoms with Crippen molar-refractivity contribution < 1.29 is 17.9 Å². The van der Waals surface area contributed by atoms with Crippen LogP contribution in [0.1, 0.15) is 39.2 Å². The van der Waals surface area contributed by atoms with Gasteiger partial charge in [0.05, 0.1) is 18.4 Å². The largest absolute Gasteiger partial charge is 0.469 e. The zero-order chi connectivity index (χ0) is 16.1. The van der Waals surface area contributed by atoms with Crippen molar-refractivity contribution in [3.8, 4) is 0 Å². The third kappa shape index (κ3) is 5.47. The van der Waals surface area contributed by atoms with Crippen LogP contribution in [0.4, 0.5) is 0 Å². The molecule has 0 fully saturated rings. The number of nitrogens with one attached hydrogen (secondary N) is 1. The summed E-state index contributed by atoms with van der Waals surface area (Å²) < 4.78 is 31.9. The summed E-state index contributed by atoms with van der Waals surface area (Å²) in [5.74, 6) is -0.354. The Morgan fingerprint density at radius 1 is 1.24 bits per heavy atom. The summed E-state index contributed by atoms with van der Waals surface area (Å²) >= 11 is 0. The third-order valence-electron chi connectivity index (χ3n) is 3.10. The summed E-state index contributed by atoms with van der Waals surface area (Å²) in [4.78, 5) is 11.4. The lowest BCUT2D eigenvalue weighted by Crippen LogP contribution is -2.43. The average Bonchev–Trinajstić information content (AvgIpc) is 2.37. The molecule has 0 radical (unpaired) electrons. The molecule has 0 bridgehead atoms. The van der Waals surface area contributed by atoms with Gasteiger partial charge in [-0.1, -0.05) is 25.5 Å². The van der Waals surface area contributed by atoms with Crippen LogP contribution in [-0.2, 0) is 26.0 Å². The summed E-state index contributed by atoms with van der Waals surface area (Å²) in [7, 11) is -2.24. The van der Waals surface area contributed by atoms with Crippen molar-refractivity contribution >= 4 is 16.0 Å². The molecule has 6 heteroatoms. The molecule has 1 aromatic rings. The van der Waals surface area contributed by atoms with Gasteiger partial charge in [0.15, 0.2) is 0 Å². The van der Waals surface area contributed by atoms with Crippen molar-refractivity contribution in [2.24, 2.45) is 0 Å². The number of sulfonamides is 1. The minimum absolute atomic E-state index is 0.131. The molecule has 0 saturated carbocycles. The lowest BCUT2D eigenvalue weighted by Gasteiger charge is -2.25. The quantitative estimate of drug-likeness (QED) is 0.784. The van der Waals surface area contributed by atoms with Crippen LogP contribution in [0.15, 0.2) is 29.2 Å². The van der Waals surface area contributed by atoms with Crippen molar-refractivity contribution in [3.63, 3.8) is 0 Å². The normalized spacial score (nSPS) is 12.2. The number of carbonyl (C=O) groups excluding carboxylic acids is 1. The van der Waals surface area contributed by atoms with E-state index >= 15 is 0 Å². The highest BCUT2D eigenvalue weighted by Crippen LogP contribution is 2.17. The maximum Gasteiger partial charge on any atom is 0.309 e. The van der Waals surface area contributed by atoms with Crippen LogP contribution >= 0.6 is 0 Å². The summed E-state index contributed by atoms with van der Waals surface area (Å²) in [5.41, 5.74) is 0.228. The molecule has 0 aliphatic carbocycles. The van der Waals surface area contributed by atoms with E-state index in [1.807, 2.05) is 20.8 Å². The van der Waals surface area contributed by atoms with Gasteiger partial charge in [0.25, 0.3) is 0 Å². The lowest BCUT2D eigenvalue weighted by atomic mass is 10.0. The van der Waals surface area contributed by atoms with E-state index in [9.17, 15) is 13.2 Å². The SMILES string of the molecule is CCCC(C)(C)NS(=O)(=O)c1ccc(CC(=O)OC)cc1. The highest BCUT2D eigenvalue weighted by molar-refractivity contribution is 7.89. The van der Waals surface area contributed by atoms with Gasteiger partial charge in [0.2, 0.25) is 10.0 Å². The third-order valence-corrected chi connectivity index (χ3v) is 4.81. The number of benzene rings is 1. The predicted molar refractivity (Wildman–Crippen MR) is 81.5 cm³/mol. The van der Waals surface area contributed by atoms with Gasteiger partial charge in [-0.3, -0.25) is 4.79 Å². The highest BCUT2D eigenvalue weighted by atomic mass is 32.2. The topological polar surface area (TPSA) is 72.5 Å². The molecule has 0 atom stereocenters. The molecule has 118 valence electrons. The smallest absolute Gasteiger partial charge is 0.309 e. The monoisotopic (exact) mass is 313 g/mol. The molecule has 1 N–H and O–H groups in total. The Labute approximate surface area is 126 Å². The summed E-state index contributed by atoms with van der Waals surface area (Å²) in [6.07, 6.45) is 1.78. The Bertz CT molecular complexity index is 576. The van der Waals surface area contributed by atoms with Gasteiger partial charge in [-0.05, 0) is 38.0 Å². The van der Waals surface area contributed by atoms with E-state index in [0.29, 0.717) is 5.56 Å². The molecule has 0 unspecified atom stereocenters. The van der Waals surface area contributed by atoms with Gasteiger partial charge in [-0.2, -0.15) is 0 Å².